The minimum Gasteiger partial charge on any atom is -0.379 e. The second-order valence-corrected chi connectivity index (χ2v) is 3.09. The minimum atomic E-state index is 0.624. The maximum Gasteiger partial charge on any atom is 0.135 e. The maximum absolute atomic E-state index is 5.48. The van der Waals surface area contributed by atoms with Crippen LogP contribution in [0.15, 0.2) is 0 Å². The second-order valence-electron chi connectivity index (χ2n) is 3.09. The Balaban J connectivity index is 2.23. The van der Waals surface area contributed by atoms with E-state index in [1.165, 1.54) is 0 Å². The summed E-state index contributed by atoms with van der Waals surface area (Å²) in [4.78, 5) is 0. The molecule has 1 aliphatic heterocycles. The van der Waals surface area contributed by atoms with E-state index in [0.29, 0.717) is 6.54 Å². The molecule has 0 bridgehead atoms. The molecule has 2 heterocycles. The van der Waals surface area contributed by atoms with Crippen LogP contribution in [0, 0.1) is 0 Å². The standard InChI is InChI=1S/C8H14N4O/c9-3-1-7-10-11-8-2-5-13-6-4-12(7)8/h1-6,9H2. The van der Waals surface area contributed by atoms with Crippen molar-refractivity contribution < 1.29 is 4.74 Å². The molecule has 72 valence electrons. The van der Waals surface area contributed by atoms with Crippen molar-refractivity contribution in [1.29, 1.82) is 0 Å². The molecule has 1 aliphatic rings. The van der Waals surface area contributed by atoms with Crippen LogP contribution in [0.4, 0.5) is 0 Å². The monoisotopic (exact) mass is 182 g/mol. The Bertz CT molecular complexity index is 284. The second kappa shape index (κ2) is 3.85. The number of hydrogen-bond acceptors (Lipinski definition) is 4. The van der Waals surface area contributed by atoms with Crippen LogP contribution in [0.3, 0.4) is 0 Å². The molecule has 2 N–H and O–H groups in total. The van der Waals surface area contributed by atoms with Gasteiger partial charge in [-0.2, -0.15) is 0 Å². The SMILES string of the molecule is NCCc1nnc2n1CCOCC2. The summed E-state index contributed by atoms with van der Waals surface area (Å²) in [6, 6.07) is 0. The Hall–Kier alpha value is -0.940. The quantitative estimate of drug-likeness (QED) is 0.660. The summed E-state index contributed by atoms with van der Waals surface area (Å²) in [6.07, 6.45) is 1.66. The van der Waals surface area contributed by atoms with Crippen LogP contribution in [-0.2, 0) is 24.1 Å². The van der Waals surface area contributed by atoms with Crippen molar-refractivity contribution in [3.63, 3.8) is 0 Å². The molecule has 0 saturated carbocycles. The van der Waals surface area contributed by atoms with Gasteiger partial charge in [-0.1, -0.05) is 0 Å². The Kier molecular flexibility index (Phi) is 2.56. The summed E-state index contributed by atoms with van der Waals surface area (Å²) in [5.74, 6) is 2.02. The van der Waals surface area contributed by atoms with Crippen LogP contribution in [0.5, 0.6) is 0 Å². The average molecular weight is 182 g/mol. The maximum atomic E-state index is 5.48. The van der Waals surface area contributed by atoms with Gasteiger partial charge in [0.05, 0.1) is 13.2 Å². The van der Waals surface area contributed by atoms with Gasteiger partial charge in [0.25, 0.3) is 0 Å². The van der Waals surface area contributed by atoms with Gasteiger partial charge >= 0.3 is 0 Å². The van der Waals surface area contributed by atoms with Crippen LogP contribution in [0.25, 0.3) is 0 Å². The van der Waals surface area contributed by atoms with E-state index >= 15 is 0 Å². The smallest absolute Gasteiger partial charge is 0.135 e. The largest absolute Gasteiger partial charge is 0.379 e. The molecule has 0 aromatic carbocycles. The lowest BCUT2D eigenvalue weighted by Crippen LogP contribution is -2.12. The average Bonchev–Trinajstić information content (AvgIpc) is 2.38. The topological polar surface area (TPSA) is 66.0 Å². The predicted octanol–water partition coefficient (Wildman–Crippen LogP) is -0.648. The molecule has 0 atom stereocenters. The lowest BCUT2D eigenvalue weighted by atomic mass is 10.4. The van der Waals surface area contributed by atoms with E-state index in [9.17, 15) is 0 Å². The van der Waals surface area contributed by atoms with Gasteiger partial charge in [0.2, 0.25) is 0 Å². The van der Waals surface area contributed by atoms with Crippen molar-refractivity contribution in [2.24, 2.45) is 5.73 Å². The van der Waals surface area contributed by atoms with Gasteiger partial charge in [0, 0.05) is 19.4 Å². The Morgan fingerprint density at radius 3 is 3.15 bits per heavy atom. The molecular formula is C8H14N4O. The fraction of sp³-hybridized carbons (Fsp3) is 0.750. The van der Waals surface area contributed by atoms with Gasteiger partial charge in [-0.25, -0.2) is 0 Å². The summed E-state index contributed by atoms with van der Waals surface area (Å²) in [5.41, 5.74) is 5.48. The van der Waals surface area contributed by atoms with Gasteiger partial charge in [-0.05, 0) is 6.54 Å². The molecule has 0 spiro atoms. The van der Waals surface area contributed by atoms with Gasteiger partial charge in [-0.3, -0.25) is 0 Å². The molecule has 5 nitrogen and oxygen atoms in total. The van der Waals surface area contributed by atoms with E-state index in [-0.39, 0.29) is 0 Å². The summed E-state index contributed by atoms with van der Waals surface area (Å²) < 4.78 is 7.47. The number of hydrogen-bond donors (Lipinski definition) is 1. The van der Waals surface area contributed by atoms with Crippen LogP contribution in [-0.4, -0.2) is 34.5 Å². The molecule has 5 heteroatoms. The highest BCUT2D eigenvalue weighted by Gasteiger charge is 2.13. The first-order chi connectivity index (χ1) is 6.42. The van der Waals surface area contributed by atoms with E-state index < -0.39 is 0 Å². The molecule has 0 amide bonds. The van der Waals surface area contributed by atoms with Crippen LogP contribution >= 0.6 is 0 Å². The number of ether oxygens (including phenoxy) is 1. The molecular weight excluding hydrogens is 168 g/mol. The van der Waals surface area contributed by atoms with Crippen molar-refractivity contribution in [2.75, 3.05) is 19.8 Å². The first kappa shape index (κ1) is 8.65. The zero-order valence-corrected chi connectivity index (χ0v) is 7.57. The predicted molar refractivity (Wildman–Crippen MR) is 47.3 cm³/mol. The fourth-order valence-corrected chi connectivity index (χ4v) is 1.55. The number of fused-ring (bicyclic) bond motifs is 1. The summed E-state index contributed by atoms with van der Waals surface area (Å²) in [7, 11) is 0. The molecule has 0 unspecified atom stereocenters. The van der Waals surface area contributed by atoms with E-state index in [4.69, 9.17) is 10.5 Å². The number of nitrogens with zero attached hydrogens (tertiary/aromatic N) is 3. The van der Waals surface area contributed by atoms with Gasteiger partial charge in [-0.15, -0.1) is 10.2 Å². The molecule has 0 aliphatic carbocycles. The molecule has 0 radical (unpaired) electrons. The molecule has 2 rings (SSSR count). The Morgan fingerprint density at radius 2 is 2.31 bits per heavy atom. The van der Waals surface area contributed by atoms with Crippen LogP contribution < -0.4 is 5.73 Å². The lowest BCUT2D eigenvalue weighted by Gasteiger charge is -2.04. The lowest BCUT2D eigenvalue weighted by molar-refractivity contribution is 0.139. The van der Waals surface area contributed by atoms with E-state index in [0.717, 1.165) is 44.2 Å². The van der Waals surface area contributed by atoms with Crippen molar-refractivity contribution in [3.05, 3.63) is 11.6 Å². The highest BCUT2D eigenvalue weighted by molar-refractivity contribution is 4.97. The zero-order valence-electron chi connectivity index (χ0n) is 7.57. The summed E-state index contributed by atoms with van der Waals surface area (Å²) in [5, 5.41) is 8.22. The van der Waals surface area contributed by atoms with Crippen molar-refractivity contribution >= 4 is 0 Å². The molecule has 1 aromatic heterocycles. The van der Waals surface area contributed by atoms with E-state index in [2.05, 4.69) is 14.8 Å². The minimum absolute atomic E-state index is 0.624. The third-order valence-corrected chi connectivity index (χ3v) is 2.20. The summed E-state index contributed by atoms with van der Waals surface area (Å²) in [6.45, 7) is 2.99. The molecule has 13 heavy (non-hydrogen) atoms. The van der Waals surface area contributed by atoms with Gasteiger partial charge < -0.3 is 15.0 Å². The number of aromatic nitrogens is 3. The third-order valence-electron chi connectivity index (χ3n) is 2.20. The normalized spacial score (nSPS) is 16.7. The van der Waals surface area contributed by atoms with Gasteiger partial charge in [0.1, 0.15) is 11.6 Å². The zero-order chi connectivity index (χ0) is 9.10. The van der Waals surface area contributed by atoms with Crippen molar-refractivity contribution in [1.82, 2.24) is 14.8 Å². The van der Waals surface area contributed by atoms with Crippen LogP contribution in [0.2, 0.25) is 0 Å². The van der Waals surface area contributed by atoms with Gasteiger partial charge in [0.15, 0.2) is 0 Å². The van der Waals surface area contributed by atoms with Crippen molar-refractivity contribution in [2.45, 2.75) is 19.4 Å². The van der Waals surface area contributed by atoms with Crippen LogP contribution in [0.1, 0.15) is 11.6 Å². The Morgan fingerprint density at radius 1 is 1.38 bits per heavy atom. The third kappa shape index (κ3) is 1.71. The van der Waals surface area contributed by atoms with Crippen molar-refractivity contribution in [3.8, 4) is 0 Å². The first-order valence-electron chi connectivity index (χ1n) is 4.60. The molecule has 0 saturated heterocycles. The molecule has 1 aromatic rings. The number of rotatable bonds is 2. The van der Waals surface area contributed by atoms with E-state index in [1.54, 1.807) is 0 Å². The fourth-order valence-electron chi connectivity index (χ4n) is 1.55. The highest BCUT2D eigenvalue weighted by atomic mass is 16.5. The Labute approximate surface area is 76.9 Å². The highest BCUT2D eigenvalue weighted by Crippen LogP contribution is 2.07. The summed E-state index contributed by atoms with van der Waals surface area (Å²) >= 11 is 0. The molecule has 0 fully saturated rings. The first-order valence-corrected chi connectivity index (χ1v) is 4.60. The number of nitrogens with two attached hydrogens (primary N) is 1. The van der Waals surface area contributed by atoms with E-state index in [1.807, 2.05) is 0 Å².